The first-order valence-electron chi connectivity index (χ1n) is 11.7. The molecule has 0 amide bonds. The zero-order chi connectivity index (χ0) is 34.2. The van der Waals surface area contributed by atoms with Gasteiger partial charge in [0.15, 0.2) is 10.7 Å². The number of carbonyl (C=O) groups excluding carboxylic acids is 2. The molecule has 0 rings (SSSR count). The number of rotatable bonds is 24. The second-order valence-electron chi connectivity index (χ2n) is 8.28. The van der Waals surface area contributed by atoms with Crippen molar-refractivity contribution >= 4 is 47.8 Å². The number of hydrogen-bond donors (Lipinski definition) is 6. The summed E-state index contributed by atoms with van der Waals surface area (Å²) in [6, 6.07) is 0. The van der Waals surface area contributed by atoms with Crippen molar-refractivity contribution in [1.82, 2.24) is 19.6 Å². The third kappa shape index (κ3) is 35.4. The molecule has 0 heterocycles. The molecule has 0 saturated carbocycles. The third-order valence-corrected chi connectivity index (χ3v) is 4.60. The molecule has 272 valence electrons. The van der Waals surface area contributed by atoms with E-state index < -0.39 is 100 Å². The monoisotopic (exact) mass is 948 g/mol. The van der Waals surface area contributed by atoms with E-state index in [4.69, 9.17) is 30.6 Å². The summed E-state index contributed by atoms with van der Waals surface area (Å²) in [6.07, 6.45) is 0. The van der Waals surface area contributed by atoms with Gasteiger partial charge in [-0.15, -0.1) is 9.81 Å². The molecule has 24 nitrogen and oxygen atoms in total. The smallest absolute Gasteiger partial charge is 0.352 e. The Hall–Kier alpha value is -3.33. The second kappa shape index (κ2) is 31.3. The summed E-state index contributed by atoms with van der Waals surface area (Å²) >= 11 is 0. The Morgan fingerprint density at radius 2 is 0.553 bits per heavy atom. The fraction of sp³-hybridized carbons (Fsp3) is 0.600. The van der Waals surface area contributed by atoms with Gasteiger partial charge in [-0.1, -0.05) is 0 Å². The molecule has 0 aromatic carbocycles. The largest absolute Gasteiger partial charge is 0.480 e. The summed E-state index contributed by atoms with van der Waals surface area (Å²) in [5.41, 5.74) is 0. The zero-order valence-corrected chi connectivity index (χ0v) is 29.0. The minimum atomic E-state index is -1.27. The van der Waals surface area contributed by atoms with Crippen LogP contribution in [-0.2, 0) is 106 Å². The molecule has 47 heavy (non-hydrogen) atoms. The van der Waals surface area contributed by atoms with E-state index >= 15 is 0 Å². The molecule has 0 aliphatic heterocycles. The van der Waals surface area contributed by atoms with Gasteiger partial charge >= 0.3 is 47.8 Å². The average molecular weight is 946 g/mol. The summed E-state index contributed by atoms with van der Waals surface area (Å²) in [5, 5.41) is 55.8. The number of carbonyl (C=O) groups is 8. The summed E-state index contributed by atoms with van der Waals surface area (Å²) in [4.78, 5) is 117. The van der Waals surface area contributed by atoms with Gasteiger partial charge in [0.1, 0.15) is 13.1 Å². The van der Waals surface area contributed by atoms with Gasteiger partial charge in [-0.3, -0.25) is 58.0 Å². The SMILES string of the molecule is O=NOC(=O)CN(CCN(CC(=O)O)CC(=O)O)CC(=O)O.O=NOC(=O)CN(CCN(CC(=O)O)CC(=O)O)CC(=O)O.[Ru].[Ru].[Ru]. The standard InChI is InChI=1S/2C10H15N3O9.3Ru/c2*14-7(15)3-12(4-8(16)17)1-2-13(5-9(18)19)6-10(20)22-11-21;;;/h2*1-6H2,(H,14,15)(H,16,17)(H,18,19);;;. The predicted molar refractivity (Wildman–Crippen MR) is 135 cm³/mol. The zero-order valence-electron chi connectivity index (χ0n) is 23.8. The fourth-order valence-corrected chi connectivity index (χ4v) is 3.08. The number of carboxylic acid groups (broad SMARTS) is 6. The Kier molecular flexibility index (Phi) is 35.4. The van der Waals surface area contributed by atoms with Crippen LogP contribution in [0.2, 0.25) is 0 Å². The van der Waals surface area contributed by atoms with E-state index in [0.29, 0.717) is 0 Å². The van der Waals surface area contributed by atoms with Gasteiger partial charge in [0.2, 0.25) is 0 Å². The molecule has 0 radical (unpaired) electrons. The maximum atomic E-state index is 11.1. The predicted octanol–water partition coefficient (Wildman–Crippen LogP) is -3.87. The molecular formula is C20H30N6O18Ru3. The van der Waals surface area contributed by atoms with E-state index in [1.54, 1.807) is 0 Å². The van der Waals surface area contributed by atoms with Crippen LogP contribution in [0, 0.1) is 9.81 Å². The Morgan fingerprint density at radius 3 is 0.702 bits per heavy atom. The summed E-state index contributed by atoms with van der Waals surface area (Å²) in [5.74, 6) is -9.72. The van der Waals surface area contributed by atoms with Crippen LogP contribution in [0.25, 0.3) is 0 Å². The van der Waals surface area contributed by atoms with Crippen LogP contribution in [0.4, 0.5) is 0 Å². The minimum absolute atomic E-state index is 0. The van der Waals surface area contributed by atoms with Crippen LogP contribution in [0.15, 0.2) is 10.7 Å². The molecule has 0 fully saturated rings. The van der Waals surface area contributed by atoms with Gasteiger partial charge in [-0.2, -0.15) is 0 Å². The van der Waals surface area contributed by atoms with Gasteiger partial charge in [0.25, 0.3) is 0 Å². The fourth-order valence-electron chi connectivity index (χ4n) is 3.08. The number of carboxylic acids is 6. The van der Waals surface area contributed by atoms with Crippen LogP contribution in [0.3, 0.4) is 0 Å². The normalized spacial score (nSPS) is 9.79. The molecule has 0 bridgehead atoms. The van der Waals surface area contributed by atoms with Gasteiger partial charge in [0.05, 0.1) is 39.3 Å². The Bertz CT molecular complexity index is 943. The molecule has 0 aliphatic carbocycles. The molecule has 0 aromatic rings. The first-order chi connectivity index (χ1) is 20.5. The number of hydrogen-bond acceptors (Lipinski definition) is 18. The van der Waals surface area contributed by atoms with Crippen molar-refractivity contribution in [2.24, 2.45) is 10.7 Å². The summed E-state index contributed by atoms with van der Waals surface area (Å²) < 4.78 is 0. The van der Waals surface area contributed by atoms with E-state index in [-0.39, 0.29) is 84.6 Å². The van der Waals surface area contributed by atoms with E-state index in [9.17, 15) is 48.2 Å². The van der Waals surface area contributed by atoms with Crippen molar-refractivity contribution in [3.63, 3.8) is 0 Å². The summed E-state index contributed by atoms with van der Waals surface area (Å²) in [7, 11) is 0. The maximum Gasteiger partial charge on any atom is 0.352 e. The molecule has 6 N–H and O–H groups in total. The minimum Gasteiger partial charge on any atom is -0.480 e. The van der Waals surface area contributed by atoms with E-state index in [1.807, 2.05) is 10.7 Å². The quantitative estimate of drug-likeness (QED) is 0.0306. The number of aliphatic carboxylic acids is 6. The van der Waals surface area contributed by atoms with E-state index in [1.165, 1.54) is 0 Å². The average Bonchev–Trinajstić information content (AvgIpc) is 2.84. The van der Waals surface area contributed by atoms with Crippen molar-refractivity contribution in [3.05, 3.63) is 9.81 Å². The topological polar surface area (TPSA) is 348 Å². The Morgan fingerprint density at radius 1 is 0.383 bits per heavy atom. The molecular weight excluding hydrogens is 915 g/mol. The van der Waals surface area contributed by atoms with Crippen LogP contribution in [0.1, 0.15) is 0 Å². The second-order valence-corrected chi connectivity index (χ2v) is 8.28. The van der Waals surface area contributed by atoms with Gasteiger partial charge < -0.3 is 30.6 Å². The Balaban J connectivity index is -0.000000235. The maximum absolute atomic E-state index is 11.1. The van der Waals surface area contributed by atoms with Crippen molar-refractivity contribution in [3.8, 4) is 0 Å². The number of nitrogens with zero attached hydrogens (tertiary/aromatic N) is 6. The van der Waals surface area contributed by atoms with Crippen LogP contribution >= 0.6 is 0 Å². The van der Waals surface area contributed by atoms with E-state index in [2.05, 4.69) is 9.68 Å². The van der Waals surface area contributed by atoms with E-state index in [0.717, 1.165) is 19.6 Å². The van der Waals surface area contributed by atoms with Crippen LogP contribution < -0.4 is 0 Å². The molecule has 0 atom stereocenters. The Labute approximate surface area is 302 Å². The molecule has 0 unspecified atom stereocenters. The van der Waals surface area contributed by atoms with Crippen molar-refractivity contribution in [2.75, 3.05) is 78.5 Å². The van der Waals surface area contributed by atoms with Crippen LogP contribution in [-0.4, -0.2) is 177 Å². The van der Waals surface area contributed by atoms with Gasteiger partial charge in [0, 0.05) is 84.6 Å². The summed E-state index contributed by atoms with van der Waals surface area (Å²) in [6.45, 7) is -5.02. The first kappa shape index (κ1) is 53.2. The molecule has 0 aliphatic rings. The van der Waals surface area contributed by atoms with Crippen molar-refractivity contribution in [2.45, 2.75) is 0 Å². The van der Waals surface area contributed by atoms with Gasteiger partial charge in [-0.05, 0) is 0 Å². The van der Waals surface area contributed by atoms with Crippen molar-refractivity contribution in [1.29, 1.82) is 0 Å². The first-order valence-corrected chi connectivity index (χ1v) is 11.7. The van der Waals surface area contributed by atoms with Gasteiger partial charge in [-0.25, -0.2) is 9.59 Å². The van der Waals surface area contributed by atoms with Crippen LogP contribution in [0.5, 0.6) is 0 Å². The molecule has 0 saturated heterocycles. The van der Waals surface area contributed by atoms with Crippen molar-refractivity contribution < 1.29 is 137 Å². The third-order valence-electron chi connectivity index (χ3n) is 4.60. The molecule has 0 aromatic heterocycles. The molecule has 27 heteroatoms. The molecule has 0 spiro atoms.